The maximum Gasteiger partial charge on any atom is 0.249 e. The first kappa shape index (κ1) is 17.7. The summed E-state index contributed by atoms with van der Waals surface area (Å²) in [4.78, 5) is 0. The number of ether oxygens (including phenoxy) is 6. The second-order valence-electron chi connectivity index (χ2n) is 3.54. The molecule has 0 radical (unpaired) electrons. The van der Waals surface area contributed by atoms with E-state index < -0.39 is 5.91 Å². The first-order valence-corrected chi connectivity index (χ1v) is 5.80. The smallest absolute Gasteiger partial charge is 0.249 e. The lowest BCUT2D eigenvalue weighted by Crippen LogP contribution is -2.51. The Labute approximate surface area is 108 Å². The van der Waals surface area contributed by atoms with Crippen LogP contribution in [-0.4, -0.2) is 73.5 Å². The van der Waals surface area contributed by atoms with E-state index in [-0.39, 0.29) is 6.61 Å². The van der Waals surface area contributed by atoms with E-state index in [0.717, 1.165) is 0 Å². The average molecular weight is 267 g/mol. The van der Waals surface area contributed by atoms with Gasteiger partial charge >= 0.3 is 0 Å². The monoisotopic (exact) mass is 267 g/mol. The summed E-state index contributed by atoms with van der Waals surface area (Å²) in [6, 6.07) is 0. The van der Waals surface area contributed by atoms with Crippen LogP contribution in [0.25, 0.3) is 0 Å². The number of methoxy groups -OCH3 is 3. The Morgan fingerprint density at radius 1 is 0.722 bits per heavy atom. The molecule has 0 fully saturated rings. The van der Waals surface area contributed by atoms with Crippen molar-refractivity contribution in [1.29, 1.82) is 0 Å². The molecule has 0 aromatic carbocycles. The highest BCUT2D eigenvalue weighted by atomic mass is 16.7. The van der Waals surface area contributed by atoms with Gasteiger partial charge in [-0.25, -0.2) is 0 Å². The molecule has 0 atom stereocenters. The molecule has 110 valence electrons. The van der Waals surface area contributed by atoms with Crippen molar-refractivity contribution in [1.82, 2.24) is 0 Å². The topological polar surface area (TPSA) is 81.4 Å². The molecular weight excluding hydrogens is 242 g/mol. The van der Waals surface area contributed by atoms with Gasteiger partial charge in [0, 0.05) is 21.3 Å². The summed E-state index contributed by atoms with van der Waals surface area (Å²) in [6.07, 6.45) is 0. The van der Waals surface area contributed by atoms with Crippen molar-refractivity contribution in [2.24, 2.45) is 5.73 Å². The molecule has 0 aromatic heterocycles. The van der Waals surface area contributed by atoms with Crippen LogP contribution in [-0.2, 0) is 28.4 Å². The second-order valence-corrected chi connectivity index (χ2v) is 3.54. The Morgan fingerprint density at radius 3 is 1.61 bits per heavy atom. The number of rotatable bonds is 13. The van der Waals surface area contributed by atoms with E-state index >= 15 is 0 Å². The van der Waals surface area contributed by atoms with Crippen molar-refractivity contribution in [2.75, 3.05) is 67.6 Å². The number of hydrogen-bond donors (Lipinski definition) is 1. The molecule has 0 rings (SSSR count). The van der Waals surface area contributed by atoms with E-state index in [9.17, 15) is 0 Å². The third-order valence-electron chi connectivity index (χ3n) is 2.00. The molecule has 0 saturated heterocycles. The van der Waals surface area contributed by atoms with Crippen molar-refractivity contribution < 1.29 is 28.4 Å². The van der Waals surface area contributed by atoms with Gasteiger partial charge in [-0.2, -0.15) is 0 Å². The van der Waals surface area contributed by atoms with Gasteiger partial charge in [-0.05, 0) is 0 Å². The molecule has 0 unspecified atom stereocenters. The van der Waals surface area contributed by atoms with Crippen LogP contribution in [0.4, 0.5) is 0 Å². The van der Waals surface area contributed by atoms with Crippen molar-refractivity contribution >= 4 is 0 Å². The van der Waals surface area contributed by atoms with Crippen molar-refractivity contribution in [2.45, 2.75) is 5.91 Å². The predicted octanol–water partition coefficient (Wildman–Crippen LogP) is -0.412. The first-order chi connectivity index (χ1) is 8.68. The van der Waals surface area contributed by atoms with Crippen molar-refractivity contribution in [3.05, 3.63) is 0 Å². The molecule has 2 N–H and O–H groups in total. The van der Waals surface area contributed by atoms with Gasteiger partial charge in [-0.3, -0.25) is 5.73 Å². The van der Waals surface area contributed by atoms with Crippen LogP contribution < -0.4 is 5.73 Å². The van der Waals surface area contributed by atoms with Gasteiger partial charge in [0.1, 0.15) is 6.61 Å². The van der Waals surface area contributed by atoms with E-state index in [1.165, 1.54) is 0 Å². The van der Waals surface area contributed by atoms with E-state index in [1.54, 1.807) is 21.3 Å². The van der Waals surface area contributed by atoms with Gasteiger partial charge in [0.2, 0.25) is 5.91 Å². The SMILES string of the molecule is COCCOCC(N)(OCCOC)OCCOC. The lowest BCUT2D eigenvalue weighted by Gasteiger charge is -2.29. The molecule has 0 saturated carbocycles. The molecule has 0 amide bonds. The lowest BCUT2D eigenvalue weighted by molar-refractivity contribution is -0.264. The van der Waals surface area contributed by atoms with Gasteiger partial charge < -0.3 is 28.4 Å². The molecular formula is C11H25NO6. The van der Waals surface area contributed by atoms with Crippen LogP contribution in [0.2, 0.25) is 0 Å². The largest absolute Gasteiger partial charge is 0.382 e. The summed E-state index contributed by atoms with van der Waals surface area (Å²) in [5, 5.41) is 0. The fourth-order valence-corrected chi connectivity index (χ4v) is 1.08. The van der Waals surface area contributed by atoms with Gasteiger partial charge in [-0.15, -0.1) is 0 Å². The van der Waals surface area contributed by atoms with Crippen LogP contribution in [0.3, 0.4) is 0 Å². The van der Waals surface area contributed by atoms with Gasteiger partial charge in [0.15, 0.2) is 0 Å². The predicted molar refractivity (Wildman–Crippen MR) is 65.3 cm³/mol. The van der Waals surface area contributed by atoms with E-state index in [4.69, 9.17) is 34.2 Å². The van der Waals surface area contributed by atoms with Crippen LogP contribution in [0.5, 0.6) is 0 Å². The maximum absolute atomic E-state index is 5.94. The molecule has 18 heavy (non-hydrogen) atoms. The fourth-order valence-electron chi connectivity index (χ4n) is 1.08. The van der Waals surface area contributed by atoms with Crippen molar-refractivity contribution in [3.63, 3.8) is 0 Å². The summed E-state index contributed by atoms with van der Waals surface area (Å²) < 4.78 is 30.8. The maximum atomic E-state index is 5.94. The van der Waals surface area contributed by atoms with Gasteiger partial charge in [0.25, 0.3) is 0 Å². The number of hydrogen-bond acceptors (Lipinski definition) is 7. The summed E-state index contributed by atoms with van der Waals surface area (Å²) in [7, 11) is 4.77. The highest BCUT2D eigenvalue weighted by Crippen LogP contribution is 2.06. The molecule has 0 aliphatic heterocycles. The van der Waals surface area contributed by atoms with Gasteiger partial charge in [-0.1, -0.05) is 0 Å². The fraction of sp³-hybridized carbons (Fsp3) is 1.00. The summed E-state index contributed by atoms with van der Waals surface area (Å²) in [5.74, 6) is -1.29. The van der Waals surface area contributed by atoms with E-state index in [2.05, 4.69) is 0 Å². The second kappa shape index (κ2) is 11.8. The molecule has 0 aliphatic rings. The molecule has 0 spiro atoms. The van der Waals surface area contributed by atoms with Crippen LogP contribution in [0.15, 0.2) is 0 Å². The normalized spacial score (nSPS) is 12.0. The zero-order chi connectivity index (χ0) is 13.7. The third kappa shape index (κ3) is 9.72. The first-order valence-electron chi connectivity index (χ1n) is 5.80. The Morgan fingerprint density at radius 2 is 1.17 bits per heavy atom. The van der Waals surface area contributed by atoms with E-state index in [1.807, 2.05) is 0 Å². The Balaban J connectivity index is 3.95. The zero-order valence-electron chi connectivity index (χ0n) is 11.5. The van der Waals surface area contributed by atoms with E-state index in [0.29, 0.717) is 39.6 Å². The molecule has 7 heteroatoms. The van der Waals surface area contributed by atoms with Crippen LogP contribution in [0, 0.1) is 0 Å². The van der Waals surface area contributed by atoms with Crippen LogP contribution in [0.1, 0.15) is 0 Å². The molecule has 0 aliphatic carbocycles. The minimum absolute atomic E-state index is 0.115. The third-order valence-corrected chi connectivity index (χ3v) is 2.00. The average Bonchev–Trinajstić information content (AvgIpc) is 2.36. The standard InChI is InChI=1S/C11H25NO6/c1-13-4-7-16-10-11(12,17-8-5-14-2)18-9-6-15-3/h4-10,12H2,1-3H3. The Hall–Kier alpha value is -0.280. The minimum Gasteiger partial charge on any atom is -0.382 e. The Bertz CT molecular complexity index is 171. The van der Waals surface area contributed by atoms with Gasteiger partial charge in [0.05, 0.1) is 39.6 Å². The summed E-state index contributed by atoms with van der Waals surface area (Å²) >= 11 is 0. The lowest BCUT2D eigenvalue weighted by atomic mass is 10.5. The highest BCUT2D eigenvalue weighted by Gasteiger charge is 2.27. The van der Waals surface area contributed by atoms with Crippen molar-refractivity contribution in [3.8, 4) is 0 Å². The summed E-state index contributed by atoms with van der Waals surface area (Å²) in [5.41, 5.74) is 5.94. The van der Waals surface area contributed by atoms with Crippen LogP contribution >= 0.6 is 0 Å². The zero-order valence-corrected chi connectivity index (χ0v) is 11.5. The Kier molecular flexibility index (Phi) is 11.6. The molecule has 0 heterocycles. The molecule has 7 nitrogen and oxygen atoms in total. The molecule has 0 bridgehead atoms. The molecule has 0 aromatic rings. The number of nitrogens with two attached hydrogens (primary N) is 1. The minimum atomic E-state index is -1.29. The summed E-state index contributed by atoms with van der Waals surface area (Å²) in [6.45, 7) is 2.56. The highest BCUT2D eigenvalue weighted by molar-refractivity contribution is 4.60. The quantitative estimate of drug-likeness (QED) is 0.359.